The molecule has 0 radical (unpaired) electrons. The predicted molar refractivity (Wildman–Crippen MR) is 102 cm³/mol. The maximum atomic E-state index is 12.2. The summed E-state index contributed by atoms with van der Waals surface area (Å²) in [7, 11) is 0. The highest BCUT2D eigenvalue weighted by Gasteiger charge is 2.18. The molecule has 0 spiro atoms. The zero-order chi connectivity index (χ0) is 19.4. The fourth-order valence-electron chi connectivity index (χ4n) is 2.32. The van der Waals surface area contributed by atoms with Crippen molar-refractivity contribution in [1.29, 1.82) is 0 Å². The van der Waals surface area contributed by atoms with E-state index in [1.165, 1.54) is 6.07 Å². The standard InChI is InChI=1S/C17H16N6O3S/c1-10-7-13(14(23(25)26)8-11(10)2)19-15(24)9-27-17-20-16(21-22-17)12-3-5-18-6-4-12/h3-8H,9H2,1-2H3,(H,19,24)(H,20,21,22). The van der Waals surface area contributed by atoms with Gasteiger partial charge in [0.1, 0.15) is 5.69 Å². The van der Waals surface area contributed by atoms with Crippen LogP contribution in [-0.2, 0) is 4.79 Å². The molecule has 3 aromatic rings. The molecule has 2 heterocycles. The number of anilines is 1. The lowest BCUT2D eigenvalue weighted by molar-refractivity contribution is -0.384. The molecule has 10 heteroatoms. The molecule has 0 unspecified atom stereocenters. The molecule has 3 rings (SSSR count). The number of aromatic nitrogens is 4. The van der Waals surface area contributed by atoms with Crippen LogP contribution < -0.4 is 5.32 Å². The van der Waals surface area contributed by atoms with E-state index in [9.17, 15) is 14.9 Å². The Balaban J connectivity index is 1.65. The predicted octanol–water partition coefficient (Wildman–Crippen LogP) is 3.12. The van der Waals surface area contributed by atoms with Gasteiger partial charge in [-0.25, -0.2) is 4.98 Å². The van der Waals surface area contributed by atoms with Crippen LogP contribution in [0.15, 0.2) is 41.8 Å². The Morgan fingerprint density at radius 2 is 1.96 bits per heavy atom. The lowest BCUT2D eigenvalue weighted by atomic mass is 10.1. The molecular weight excluding hydrogens is 368 g/mol. The highest BCUT2D eigenvalue weighted by Crippen LogP contribution is 2.28. The van der Waals surface area contributed by atoms with Gasteiger partial charge in [-0.15, -0.1) is 5.10 Å². The van der Waals surface area contributed by atoms with Crippen molar-refractivity contribution in [3.8, 4) is 11.4 Å². The van der Waals surface area contributed by atoms with E-state index < -0.39 is 4.92 Å². The molecule has 0 aliphatic carbocycles. The van der Waals surface area contributed by atoms with E-state index in [1.54, 1.807) is 37.5 Å². The molecule has 138 valence electrons. The fraction of sp³-hybridized carbons (Fsp3) is 0.176. The van der Waals surface area contributed by atoms with E-state index in [2.05, 4.69) is 25.5 Å². The van der Waals surface area contributed by atoms with Gasteiger partial charge in [-0.1, -0.05) is 11.8 Å². The molecule has 0 aliphatic heterocycles. The molecule has 0 bridgehead atoms. The van der Waals surface area contributed by atoms with Crippen molar-refractivity contribution in [2.45, 2.75) is 19.0 Å². The summed E-state index contributed by atoms with van der Waals surface area (Å²) in [5, 5.41) is 21.1. The van der Waals surface area contributed by atoms with E-state index in [0.29, 0.717) is 11.0 Å². The number of nitrogens with one attached hydrogen (secondary N) is 2. The van der Waals surface area contributed by atoms with Gasteiger partial charge < -0.3 is 5.32 Å². The average molecular weight is 384 g/mol. The molecule has 0 aliphatic rings. The Hall–Kier alpha value is -3.27. The Morgan fingerprint density at radius 3 is 2.67 bits per heavy atom. The molecule has 9 nitrogen and oxygen atoms in total. The first-order valence-corrected chi connectivity index (χ1v) is 8.93. The van der Waals surface area contributed by atoms with Crippen molar-refractivity contribution in [1.82, 2.24) is 20.2 Å². The van der Waals surface area contributed by atoms with Crippen LogP contribution >= 0.6 is 11.8 Å². The van der Waals surface area contributed by atoms with Gasteiger partial charge >= 0.3 is 0 Å². The van der Waals surface area contributed by atoms with Gasteiger partial charge in [0.15, 0.2) is 5.82 Å². The number of H-pyrrole nitrogens is 1. The highest BCUT2D eigenvalue weighted by molar-refractivity contribution is 7.99. The van der Waals surface area contributed by atoms with Gasteiger partial charge in [-0.05, 0) is 43.2 Å². The van der Waals surface area contributed by atoms with Crippen LogP contribution in [0.1, 0.15) is 11.1 Å². The minimum atomic E-state index is -0.508. The molecule has 0 saturated carbocycles. The van der Waals surface area contributed by atoms with E-state index in [0.717, 1.165) is 28.5 Å². The normalized spacial score (nSPS) is 10.6. The number of rotatable bonds is 6. The van der Waals surface area contributed by atoms with Gasteiger partial charge in [-0.2, -0.15) is 0 Å². The summed E-state index contributed by atoms with van der Waals surface area (Å²) in [5.41, 5.74) is 2.54. The van der Waals surface area contributed by atoms with Crippen molar-refractivity contribution in [2.75, 3.05) is 11.1 Å². The number of carbonyl (C=O) groups is 1. The number of hydrogen-bond donors (Lipinski definition) is 2. The van der Waals surface area contributed by atoms with Crippen LogP contribution in [0, 0.1) is 24.0 Å². The van der Waals surface area contributed by atoms with Crippen molar-refractivity contribution in [3.63, 3.8) is 0 Å². The average Bonchev–Trinajstić information content (AvgIpc) is 3.12. The third-order valence-corrected chi connectivity index (χ3v) is 4.68. The van der Waals surface area contributed by atoms with Crippen molar-refractivity contribution < 1.29 is 9.72 Å². The number of benzene rings is 1. The summed E-state index contributed by atoms with van der Waals surface area (Å²) in [6.07, 6.45) is 3.29. The first kappa shape index (κ1) is 18.5. The van der Waals surface area contributed by atoms with Gasteiger partial charge in [0.2, 0.25) is 11.1 Å². The van der Waals surface area contributed by atoms with E-state index in [-0.39, 0.29) is 23.0 Å². The minimum Gasteiger partial charge on any atom is -0.320 e. The largest absolute Gasteiger partial charge is 0.320 e. The number of aromatic amines is 1. The minimum absolute atomic E-state index is 0.0255. The van der Waals surface area contributed by atoms with Gasteiger partial charge in [-0.3, -0.25) is 25.0 Å². The molecule has 1 amide bonds. The lowest BCUT2D eigenvalue weighted by Crippen LogP contribution is -2.15. The molecule has 27 heavy (non-hydrogen) atoms. The van der Waals surface area contributed by atoms with Crippen LogP contribution in [-0.4, -0.2) is 36.7 Å². The maximum absolute atomic E-state index is 12.2. The number of nitro groups is 1. The fourth-order valence-corrected chi connectivity index (χ4v) is 2.92. The topological polar surface area (TPSA) is 127 Å². The van der Waals surface area contributed by atoms with E-state index in [1.807, 2.05) is 6.92 Å². The van der Waals surface area contributed by atoms with Crippen molar-refractivity contribution in [2.24, 2.45) is 0 Å². The zero-order valence-corrected chi connectivity index (χ0v) is 15.4. The van der Waals surface area contributed by atoms with Gasteiger partial charge in [0, 0.05) is 24.0 Å². The van der Waals surface area contributed by atoms with Crippen LogP contribution in [0.25, 0.3) is 11.4 Å². The van der Waals surface area contributed by atoms with Gasteiger partial charge in [0.05, 0.1) is 10.7 Å². The number of amides is 1. The highest BCUT2D eigenvalue weighted by atomic mass is 32.2. The second-order valence-corrected chi connectivity index (χ2v) is 6.69. The number of pyridine rings is 1. The summed E-state index contributed by atoms with van der Waals surface area (Å²) < 4.78 is 0. The Labute approximate surface area is 158 Å². The number of nitro benzene ring substituents is 1. The number of thioether (sulfide) groups is 1. The van der Waals surface area contributed by atoms with E-state index in [4.69, 9.17) is 0 Å². The first-order chi connectivity index (χ1) is 12.9. The summed E-state index contributed by atoms with van der Waals surface area (Å²) in [4.78, 5) is 31.2. The number of hydrogen-bond acceptors (Lipinski definition) is 7. The molecule has 0 atom stereocenters. The van der Waals surface area contributed by atoms with Crippen LogP contribution in [0.5, 0.6) is 0 Å². The molecule has 0 fully saturated rings. The summed E-state index contributed by atoms with van der Waals surface area (Å²) in [6.45, 7) is 3.62. The Bertz CT molecular complexity index is 990. The second-order valence-electron chi connectivity index (χ2n) is 5.75. The molecule has 0 saturated heterocycles. The summed E-state index contributed by atoms with van der Waals surface area (Å²) in [5.74, 6) is 0.226. The Morgan fingerprint density at radius 1 is 1.26 bits per heavy atom. The molecule has 2 aromatic heterocycles. The van der Waals surface area contributed by atoms with Crippen molar-refractivity contribution in [3.05, 3.63) is 57.9 Å². The number of carbonyl (C=O) groups excluding carboxylic acids is 1. The quantitative estimate of drug-likeness (QED) is 0.380. The van der Waals surface area contributed by atoms with Gasteiger partial charge in [0.25, 0.3) is 5.69 Å². The second kappa shape index (κ2) is 7.96. The summed E-state index contributed by atoms with van der Waals surface area (Å²) >= 11 is 1.13. The summed E-state index contributed by atoms with van der Waals surface area (Å²) in [6, 6.07) is 6.64. The van der Waals surface area contributed by atoms with Crippen molar-refractivity contribution >= 4 is 29.0 Å². The number of aryl methyl sites for hydroxylation is 2. The third kappa shape index (κ3) is 4.47. The van der Waals surface area contributed by atoms with Crippen LogP contribution in [0.3, 0.4) is 0 Å². The SMILES string of the molecule is Cc1cc(NC(=O)CSc2n[nH]c(-c3ccncc3)n2)c([N+](=O)[O-])cc1C. The Kier molecular flexibility index (Phi) is 5.46. The molecule has 1 aromatic carbocycles. The smallest absolute Gasteiger partial charge is 0.293 e. The number of nitrogens with zero attached hydrogens (tertiary/aromatic N) is 4. The monoisotopic (exact) mass is 384 g/mol. The molecule has 2 N–H and O–H groups in total. The molecular formula is C17H16N6O3S. The third-order valence-electron chi connectivity index (χ3n) is 3.83. The first-order valence-electron chi connectivity index (χ1n) is 7.95. The van der Waals surface area contributed by atoms with Crippen LogP contribution in [0.4, 0.5) is 11.4 Å². The van der Waals surface area contributed by atoms with Crippen LogP contribution in [0.2, 0.25) is 0 Å². The van der Waals surface area contributed by atoms with E-state index >= 15 is 0 Å². The lowest BCUT2D eigenvalue weighted by Gasteiger charge is -2.08. The zero-order valence-electron chi connectivity index (χ0n) is 14.6. The maximum Gasteiger partial charge on any atom is 0.293 e.